The third-order valence-electron chi connectivity index (χ3n) is 5.03. The van der Waals surface area contributed by atoms with Crippen LogP contribution >= 0.6 is 0 Å². The van der Waals surface area contributed by atoms with Gasteiger partial charge in [-0.3, -0.25) is 4.79 Å². The van der Waals surface area contributed by atoms with Gasteiger partial charge in [-0.05, 0) is 23.6 Å². The molecule has 0 N–H and O–H groups in total. The molecule has 5 nitrogen and oxygen atoms in total. The maximum atomic E-state index is 12.9. The summed E-state index contributed by atoms with van der Waals surface area (Å²) in [5.74, 6) is 0.0792. The molecular formula is C23H24O5. The van der Waals surface area contributed by atoms with Crippen LogP contribution in [0.25, 0.3) is 11.0 Å². The molecule has 1 aromatic heterocycles. The fourth-order valence-corrected chi connectivity index (χ4v) is 3.29. The van der Waals surface area contributed by atoms with Gasteiger partial charge in [0.25, 0.3) is 0 Å². The molecule has 146 valence electrons. The molecule has 3 rings (SSSR count). The van der Waals surface area contributed by atoms with Crippen molar-refractivity contribution in [1.82, 2.24) is 0 Å². The van der Waals surface area contributed by atoms with Crippen LogP contribution in [0.2, 0.25) is 0 Å². The van der Waals surface area contributed by atoms with Crippen LogP contribution in [0.4, 0.5) is 0 Å². The Bertz CT molecular complexity index is 1010. The second-order valence-electron chi connectivity index (χ2n) is 6.83. The van der Waals surface area contributed by atoms with Crippen LogP contribution < -0.4 is 10.4 Å². The van der Waals surface area contributed by atoms with E-state index in [2.05, 4.69) is 6.92 Å². The predicted molar refractivity (Wildman–Crippen MR) is 107 cm³/mol. The minimum Gasteiger partial charge on any atom is -0.497 e. The predicted octanol–water partition coefficient (Wildman–Crippen LogP) is 4.67. The fraction of sp³-hybridized carbons (Fsp3) is 0.304. The molecule has 0 unspecified atom stereocenters. The second kappa shape index (κ2) is 8.74. The molecule has 0 saturated carbocycles. The van der Waals surface area contributed by atoms with Gasteiger partial charge < -0.3 is 13.9 Å². The van der Waals surface area contributed by atoms with Crippen molar-refractivity contribution < 1.29 is 18.7 Å². The van der Waals surface area contributed by atoms with Crippen LogP contribution in [-0.2, 0) is 16.1 Å². The first-order valence-corrected chi connectivity index (χ1v) is 9.35. The first-order valence-electron chi connectivity index (χ1n) is 9.35. The van der Waals surface area contributed by atoms with Crippen molar-refractivity contribution >= 4 is 16.9 Å². The van der Waals surface area contributed by atoms with E-state index in [4.69, 9.17) is 13.9 Å². The highest BCUT2D eigenvalue weighted by atomic mass is 16.5. The van der Waals surface area contributed by atoms with E-state index in [0.29, 0.717) is 22.3 Å². The third kappa shape index (κ3) is 4.25. The molecule has 3 aromatic rings. The van der Waals surface area contributed by atoms with Gasteiger partial charge in [0.05, 0.1) is 13.0 Å². The van der Waals surface area contributed by atoms with Crippen molar-refractivity contribution in [2.24, 2.45) is 5.92 Å². The molecule has 0 aliphatic rings. The number of ether oxygens (including phenoxy) is 2. The number of carbonyl (C=O) groups is 1. The Morgan fingerprint density at radius 3 is 2.54 bits per heavy atom. The molecular weight excluding hydrogens is 356 g/mol. The number of carbonyl (C=O) groups excluding carboxylic acids is 1. The zero-order valence-electron chi connectivity index (χ0n) is 16.3. The van der Waals surface area contributed by atoms with Crippen molar-refractivity contribution in [3.05, 3.63) is 76.1 Å². The van der Waals surface area contributed by atoms with E-state index in [-0.39, 0.29) is 24.4 Å². The van der Waals surface area contributed by atoms with Crippen LogP contribution in [0.1, 0.15) is 37.3 Å². The highest BCUT2D eigenvalue weighted by Crippen LogP contribution is 2.29. The average Bonchev–Trinajstić information content (AvgIpc) is 2.72. The van der Waals surface area contributed by atoms with E-state index in [1.54, 1.807) is 25.3 Å². The number of methoxy groups -OCH3 is 1. The quantitative estimate of drug-likeness (QED) is 0.440. The van der Waals surface area contributed by atoms with Gasteiger partial charge >= 0.3 is 11.6 Å². The number of esters is 1. The number of rotatable bonds is 7. The lowest BCUT2D eigenvalue weighted by Gasteiger charge is -2.22. The topological polar surface area (TPSA) is 65.7 Å². The Labute approximate surface area is 163 Å². The first kappa shape index (κ1) is 19.7. The van der Waals surface area contributed by atoms with Crippen molar-refractivity contribution in [2.45, 2.75) is 32.8 Å². The van der Waals surface area contributed by atoms with Crippen LogP contribution in [0, 0.1) is 5.92 Å². The molecule has 28 heavy (non-hydrogen) atoms. The normalized spacial score (nSPS) is 13.1. The zero-order chi connectivity index (χ0) is 20.1. The minimum absolute atomic E-state index is 0.00697. The summed E-state index contributed by atoms with van der Waals surface area (Å²) in [6.07, 6.45) is 0.853. The van der Waals surface area contributed by atoms with Crippen molar-refractivity contribution in [3.63, 3.8) is 0 Å². The van der Waals surface area contributed by atoms with Gasteiger partial charge in [-0.1, -0.05) is 50.6 Å². The number of hydrogen-bond donors (Lipinski definition) is 0. The van der Waals surface area contributed by atoms with Crippen molar-refractivity contribution in [2.75, 3.05) is 7.11 Å². The monoisotopic (exact) mass is 380 g/mol. The van der Waals surface area contributed by atoms with Gasteiger partial charge in [0, 0.05) is 23.1 Å². The first-order chi connectivity index (χ1) is 13.5. The Kier molecular flexibility index (Phi) is 6.14. The molecule has 0 amide bonds. The van der Waals surface area contributed by atoms with Crippen molar-refractivity contribution in [1.29, 1.82) is 0 Å². The fourth-order valence-electron chi connectivity index (χ4n) is 3.29. The van der Waals surface area contributed by atoms with Crippen LogP contribution in [-0.4, -0.2) is 13.1 Å². The van der Waals surface area contributed by atoms with E-state index in [1.807, 2.05) is 37.3 Å². The maximum absolute atomic E-state index is 12.9. The summed E-state index contributed by atoms with van der Waals surface area (Å²) in [5.41, 5.74) is 1.45. The Morgan fingerprint density at radius 2 is 1.86 bits per heavy atom. The lowest BCUT2D eigenvalue weighted by Crippen LogP contribution is -2.22. The highest BCUT2D eigenvalue weighted by molar-refractivity contribution is 5.82. The average molecular weight is 380 g/mol. The summed E-state index contributed by atoms with van der Waals surface area (Å²) in [6, 6.07) is 16.2. The molecule has 0 radical (unpaired) electrons. The molecule has 2 aromatic carbocycles. The summed E-state index contributed by atoms with van der Waals surface area (Å²) in [5, 5.41) is 0.716. The Balaban J connectivity index is 1.86. The van der Waals surface area contributed by atoms with Gasteiger partial charge in [0.2, 0.25) is 0 Å². The van der Waals surface area contributed by atoms with E-state index in [9.17, 15) is 9.59 Å². The lowest BCUT2D eigenvalue weighted by molar-refractivity contribution is -0.148. The van der Waals surface area contributed by atoms with Crippen LogP contribution in [0.15, 0.2) is 63.8 Å². The van der Waals surface area contributed by atoms with Gasteiger partial charge in [0.1, 0.15) is 17.9 Å². The van der Waals surface area contributed by atoms with Gasteiger partial charge in [-0.15, -0.1) is 0 Å². The van der Waals surface area contributed by atoms with Crippen LogP contribution in [0.3, 0.4) is 0 Å². The molecule has 1 heterocycles. The number of fused-ring (bicyclic) bond motifs is 1. The lowest BCUT2D eigenvalue weighted by atomic mass is 9.85. The molecule has 0 aliphatic heterocycles. The second-order valence-corrected chi connectivity index (χ2v) is 6.83. The molecule has 0 aliphatic carbocycles. The maximum Gasteiger partial charge on any atom is 0.336 e. The van der Waals surface area contributed by atoms with Crippen LogP contribution in [0.5, 0.6) is 5.75 Å². The van der Waals surface area contributed by atoms with Crippen molar-refractivity contribution in [3.8, 4) is 5.75 Å². The number of benzene rings is 2. The smallest absolute Gasteiger partial charge is 0.336 e. The minimum atomic E-state index is -0.492. The van der Waals surface area contributed by atoms with E-state index in [1.165, 1.54) is 6.07 Å². The number of hydrogen-bond acceptors (Lipinski definition) is 5. The Hall–Kier alpha value is -3.08. The molecule has 0 spiro atoms. The zero-order valence-corrected chi connectivity index (χ0v) is 16.3. The van der Waals surface area contributed by atoms with Gasteiger partial charge in [-0.25, -0.2) is 4.79 Å². The van der Waals surface area contributed by atoms with Gasteiger partial charge in [-0.2, -0.15) is 0 Å². The molecule has 0 bridgehead atoms. The highest BCUT2D eigenvalue weighted by Gasteiger charge is 2.27. The van der Waals surface area contributed by atoms with E-state index in [0.717, 1.165) is 12.0 Å². The van der Waals surface area contributed by atoms with E-state index >= 15 is 0 Å². The third-order valence-corrected chi connectivity index (χ3v) is 5.03. The standard InChI is InChI=1S/C23H24O5/c1-4-15(2)22(16-8-6-5-7-9-16)23(25)27-14-17-12-21(24)28-20-13-18(26-3)10-11-19(17)20/h5-13,15,22H,4,14H2,1-3H3/t15-,22+/m0/s1. The summed E-state index contributed by atoms with van der Waals surface area (Å²) >= 11 is 0. The SMILES string of the molecule is CC[C@H](C)[C@@H](C(=O)OCc1cc(=O)oc2cc(OC)ccc12)c1ccccc1. The molecule has 2 atom stereocenters. The molecule has 5 heteroatoms. The van der Waals surface area contributed by atoms with Gasteiger partial charge in [0.15, 0.2) is 0 Å². The Morgan fingerprint density at radius 1 is 1.11 bits per heavy atom. The summed E-state index contributed by atoms with van der Waals surface area (Å²) < 4.78 is 16.1. The molecule has 0 saturated heterocycles. The summed E-state index contributed by atoms with van der Waals surface area (Å²) in [6.45, 7) is 4.10. The summed E-state index contributed by atoms with van der Waals surface area (Å²) in [7, 11) is 1.55. The van der Waals surface area contributed by atoms with E-state index < -0.39 is 5.63 Å². The largest absolute Gasteiger partial charge is 0.497 e. The summed E-state index contributed by atoms with van der Waals surface area (Å²) in [4.78, 5) is 24.8. The molecule has 0 fully saturated rings.